The van der Waals surface area contributed by atoms with E-state index < -0.39 is 6.29 Å². The van der Waals surface area contributed by atoms with Crippen molar-refractivity contribution in [3.05, 3.63) is 0 Å². The van der Waals surface area contributed by atoms with E-state index in [0.717, 1.165) is 0 Å². The monoisotopic (exact) mass is 177 g/mol. The van der Waals surface area contributed by atoms with Crippen LogP contribution in [0, 0.1) is 0 Å². The smallest absolute Gasteiger partial charge is 0.151 e. The number of ether oxygens (including phenoxy) is 1. The molecule has 0 heterocycles. The van der Waals surface area contributed by atoms with Gasteiger partial charge >= 0.3 is 0 Å². The zero-order valence-electron chi connectivity index (χ0n) is 8.26. The molecule has 74 valence electrons. The maximum Gasteiger partial charge on any atom is 0.151 e. The largest absolute Gasteiger partial charge is 0.368 e. The molecule has 4 heteroatoms. The number of hydrogen-bond acceptors (Lipinski definition) is 4. The molecule has 0 radical (unpaired) electrons. The normalized spacial score (nSPS) is 14.8. The van der Waals surface area contributed by atoms with Crippen molar-refractivity contribution in [1.29, 1.82) is 0 Å². The molecule has 4 nitrogen and oxygen atoms in total. The van der Waals surface area contributed by atoms with Crippen molar-refractivity contribution in [1.82, 2.24) is 5.48 Å². The first-order valence-electron chi connectivity index (χ1n) is 4.12. The summed E-state index contributed by atoms with van der Waals surface area (Å²) in [6, 6.07) is 0. The summed E-state index contributed by atoms with van der Waals surface area (Å²) in [5.41, 5.74) is 2.55. The van der Waals surface area contributed by atoms with E-state index in [1.165, 1.54) is 0 Å². The lowest BCUT2D eigenvalue weighted by molar-refractivity contribution is -0.110. The summed E-state index contributed by atoms with van der Waals surface area (Å²) in [7, 11) is 0. The van der Waals surface area contributed by atoms with Crippen LogP contribution >= 0.6 is 0 Å². The van der Waals surface area contributed by atoms with Gasteiger partial charge in [0.05, 0.1) is 12.2 Å². The minimum absolute atomic E-state index is 0.190. The van der Waals surface area contributed by atoms with Crippen LogP contribution in [0.25, 0.3) is 0 Å². The average Bonchev–Trinajstić information content (AvgIpc) is 1.83. The fourth-order valence-corrected chi connectivity index (χ4v) is 0.539. The molecule has 2 N–H and O–H groups in total. The maximum absolute atomic E-state index is 8.72. The van der Waals surface area contributed by atoms with Crippen molar-refractivity contribution >= 4 is 0 Å². The van der Waals surface area contributed by atoms with Gasteiger partial charge in [-0.3, -0.25) is 4.84 Å². The predicted octanol–water partition coefficient (Wildman–Crippen LogP) is 0.661. The van der Waals surface area contributed by atoms with Crippen LogP contribution in [0.2, 0.25) is 0 Å². The molecule has 0 spiro atoms. The lowest BCUT2D eigenvalue weighted by Crippen LogP contribution is -2.31. The highest BCUT2D eigenvalue weighted by Gasteiger charge is 2.09. The van der Waals surface area contributed by atoms with Gasteiger partial charge in [0.15, 0.2) is 6.29 Å². The van der Waals surface area contributed by atoms with E-state index in [-0.39, 0.29) is 5.60 Å². The number of aliphatic hydroxyl groups is 1. The van der Waals surface area contributed by atoms with Crippen LogP contribution in [0.3, 0.4) is 0 Å². The van der Waals surface area contributed by atoms with E-state index >= 15 is 0 Å². The average molecular weight is 177 g/mol. The third kappa shape index (κ3) is 9.84. The molecule has 0 amide bonds. The van der Waals surface area contributed by atoms with Crippen LogP contribution in [0.5, 0.6) is 0 Å². The van der Waals surface area contributed by atoms with Crippen molar-refractivity contribution in [2.45, 2.75) is 39.6 Å². The van der Waals surface area contributed by atoms with Gasteiger partial charge in [-0.25, -0.2) is 0 Å². The molecule has 0 aliphatic carbocycles. The summed E-state index contributed by atoms with van der Waals surface area (Å²) in [6.45, 7) is 8.45. The summed E-state index contributed by atoms with van der Waals surface area (Å²) in [6.07, 6.45) is -0.707. The summed E-state index contributed by atoms with van der Waals surface area (Å²) in [5.74, 6) is 0. The van der Waals surface area contributed by atoms with E-state index in [2.05, 4.69) is 5.48 Å². The van der Waals surface area contributed by atoms with Gasteiger partial charge < -0.3 is 9.84 Å². The van der Waals surface area contributed by atoms with Crippen LogP contribution < -0.4 is 5.48 Å². The highest BCUT2D eigenvalue weighted by Crippen LogP contribution is 2.02. The Morgan fingerprint density at radius 3 is 2.42 bits per heavy atom. The highest BCUT2D eigenvalue weighted by atomic mass is 16.7. The molecule has 0 aliphatic heterocycles. The van der Waals surface area contributed by atoms with Crippen molar-refractivity contribution in [3.63, 3.8) is 0 Å². The minimum Gasteiger partial charge on any atom is -0.368 e. The molecule has 0 bridgehead atoms. The van der Waals surface area contributed by atoms with E-state index in [1.807, 2.05) is 20.8 Å². The molecule has 12 heavy (non-hydrogen) atoms. The molecule has 0 fully saturated rings. The van der Waals surface area contributed by atoms with Gasteiger partial charge in [-0.1, -0.05) is 0 Å². The van der Waals surface area contributed by atoms with Crippen LogP contribution in [0.1, 0.15) is 27.7 Å². The highest BCUT2D eigenvalue weighted by molar-refractivity contribution is 4.56. The Bertz CT molecular complexity index is 109. The van der Waals surface area contributed by atoms with Crippen molar-refractivity contribution in [2.75, 3.05) is 13.2 Å². The van der Waals surface area contributed by atoms with Crippen LogP contribution in [-0.4, -0.2) is 30.1 Å². The molecule has 0 aliphatic rings. The van der Waals surface area contributed by atoms with Crippen LogP contribution in [-0.2, 0) is 9.57 Å². The first kappa shape index (κ1) is 11.8. The molecule has 0 saturated carbocycles. The second-order valence-electron chi connectivity index (χ2n) is 3.58. The Labute approximate surface area is 73.8 Å². The van der Waals surface area contributed by atoms with Gasteiger partial charge in [-0.05, 0) is 27.7 Å². The van der Waals surface area contributed by atoms with E-state index in [1.54, 1.807) is 6.92 Å². The van der Waals surface area contributed by atoms with Gasteiger partial charge in [0.2, 0.25) is 0 Å². The van der Waals surface area contributed by atoms with E-state index in [0.29, 0.717) is 13.2 Å². The van der Waals surface area contributed by atoms with E-state index in [4.69, 9.17) is 14.7 Å². The molecule has 0 aromatic rings. The molecular weight excluding hydrogens is 158 g/mol. The first-order chi connectivity index (χ1) is 5.42. The van der Waals surface area contributed by atoms with Gasteiger partial charge in [0.1, 0.15) is 0 Å². The Morgan fingerprint density at radius 2 is 2.00 bits per heavy atom. The Balaban J connectivity index is 3.12. The SMILES string of the molecule is CC(O)OCCNOC(C)(C)C. The summed E-state index contributed by atoms with van der Waals surface area (Å²) >= 11 is 0. The first-order valence-corrected chi connectivity index (χ1v) is 4.12. The summed E-state index contributed by atoms with van der Waals surface area (Å²) in [5, 5.41) is 8.72. The zero-order valence-corrected chi connectivity index (χ0v) is 8.26. The topological polar surface area (TPSA) is 50.7 Å². The molecule has 1 unspecified atom stereocenters. The van der Waals surface area contributed by atoms with Gasteiger partial charge in [-0.2, -0.15) is 5.48 Å². The third-order valence-corrected chi connectivity index (χ3v) is 0.942. The molecule has 0 rings (SSSR count). The molecular formula is C8H19NO3. The standard InChI is InChI=1S/C8H19NO3/c1-7(10)11-6-5-9-12-8(2,3)4/h7,9-10H,5-6H2,1-4H3. The van der Waals surface area contributed by atoms with Crippen molar-refractivity contribution in [2.24, 2.45) is 0 Å². The van der Waals surface area contributed by atoms with Gasteiger partial charge in [-0.15, -0.1) is 0 Å². The van der Waals surface area contributed by atoms with Crippen molar-refractivity contribution in [3.8, 4) is 0 Å². The number of hydrogen-bond donors (Lipinski definition) is 2. The maximum atomic E-state index is 8.72. The molecule has 1 atom stereocenters. The van der Waals surface area contributed by atoms with Crippen LogP contribution in [0.4, 0.5) is 0 Å². The van der Waals surface area contributed by atoms with Gasteiger partial charge in [0, 0.05) is 6.54 Å². The molecule has 0 aromatic heterocycles. The Kier molecular flexibility index (Phi) is 5.41. The van der Waals surface area contributed by atoms with Gasteiger partial charge in [0.25, 0.3) is 0 Å². The van der Waals surface area contributed by atoms with E-state index in [9.17, 15) is 0 Å². The second-order valence-corrected chi connectivity index (χ2v) is 3.58. The fourth-order valence-electron chi connectivity index (χ4n) is 0.539. The minimum atomic E-state index is -0.707. The van der Waals surface area contributed by atoms with Crippen LogP contribution in [0.15, 0.2) is 0 Å². The second kappa shape index (κ2) is 5.48. The third-order valence-electron chi connectivity index (χ3n) is 0.942. The fraction of sp³-hybridized carbons (Fsp3) is 1.00. The summed E-state index contributed by atoms with van der Waals surface area (Å²) < 4.78 is 4.87. The molecule has 0 saturated heterocycles. The number of hydroxylamine groups is 1. The predicted molar refractivity (Wildman–Crippen MR) is 46.5 cm³/mol. The zero-order chi connectivity index (χ0) is 9.61. The Morgan fingerprint density at radius 1 is 1.42 bits per heavy atom. The number of aliphatic hydroxyl groups excluding tert-OH is 1. The quantitative estimate of drug-likeness (QED) is 0.368. The van der Waals surface area contributed by atoms with Crippen molar-refractivity contribution < 1.29 is 14.7 Å². The molecule has 0 aromatic carbocycles. The Hall–Kier alpha value is -0.160. The lowest BCUT2D eigenvalue weighted by Gasteiger charge is -2.19. The summed E-state index contributed by atoms with van der Waals surface area (Å²) in [4.78, 5) is 5.20. The number of nitrogens with one attached hydrogen (secondary N) is 1. The lowest BCUT2D eigenvalue weighted by atomic mass is 10.2. The number of rotatable bonds is 5.